The van der Waals surface area contributed by atoms with Gasteiger partial charge >= 0.3 is 0 Å². The van der Waals surface area contributed by atoms with Crippen LogP contribution in [0.3, 0.4) is 0 Å². The third-order valence-corrected chi connectivity index (χ3v) is 1.17. The van der Waals surface area contributed by atoms with Gasteiger partial charge in [-0.1, -0.05) is 0 Å². The molecule has 1 N–H and O–H groups in total. The number of hydrogen-bond donors (Lipinski definition) is 1. The van der Waals surface area contributed by atoms with Gasteiger partial charge in [0, 0.05) is 6.61 Å². The second-order valence-corrected chi connectivity index (χ2v) is 2.92. The minimum absolute atomic E-state index is 0.0155. The van der Waals surface area contributed by atoms with E-state index in [0.717, 1.165) is 0 Å². The lowest BCUT2D eigenvalue weighted by molar-refractivity contribution is -0.126. The van der Waals surface area contributed by atoms with E-state index in [1.807, 2.05) is 13.0 Å². The minimum atomic E-state index is -0.811. The zero-order valence-corrected chi connectivity index (χ0v) is 7.68. The van der Waals surface area contributed by atoms with Crippen LogP contribution in [0.5, 0.6) is 0 Å². The number of nitriles is 1. The number of carbonyl (C=O) groups excluding carboxylic acids is 1. The summed E-state index contributed by atoms with van der Waals surface area (Å²) >= 11 is 0. The van der Waals surface area contributed by atoms with Crippen LogP contribution in [0.15, 0.2) is 0 Å². The Balaban J connectivity index is 3.78. The number of amides is 1. The summed E-state index contributed by atoms with van der Waals surface area (Å²) in [5.74, 6) is -0.261. The van der Waals surface area contributed by atoms with Gasteiger partial charge in [-0.15, -0.1) is 0 Å². The molecule has 0 atom stereocenters. The summed E-state index contributed by atoms with van der Waals surface area (Å²) in [6.07, 6.45) is 0. The van der Waals surface area contributed by atoms with Gasteiger partial charge in [-0.2, -0.15) is 5.26 Å². The molecule has 0 aliphatic heterocycles. The first-order valence-corrected chi connectivity index (χ1v) is 3.82. The maximum Gasteiger partial charge on any atom is 0.247 e. The van der Waals surface area contributed by atoms with E-state index in [9.17, 15) is 4.79 Å². The fourth-order valence-electron chi connectivity index (χ4n) is 0.607. The molecule has 0 fully saturated rings. The van der Waals surface area contributed by atoms with Crippen molar-refractivity contribution in [2.75, 3.05) is 13.2 Å². The summed E-state index contributed by atoms with van der Waals surface area (Å²) in [5.41, 5.74) is -0.811. The van der Waals surface area contributed by atoms with Crippen molar-refractivity contribution in [2.24, 2.45) is 0 Å². The van der Waals surface area contributed by atoms with Crippen LogP contribution in [0, 0.1) is 11.3 Å². The average molecular weight is 170 g/mol. The van der Waals surface area contributed by atoms with Crippen LogP contribution in [0.1, 0.15) is 20.8 Å². The van der Waals surface area contributed by atoms with E-state index in [1.165, 1.54) is 0 Å². The Morgan fingerprint density at radius 1 is 1.67 bits per heavy atom. The van der Waals surface area contributed by atoms with E-state index < -0.39 is 5.54 Å². The van der Waals surface area contributed by atoms with Gasteiger partial charge in [0.15, 0.2) is 0 Å². The van der Waals surface area contributed by atoms with Crippen molar-refractivity contribution in [3.63, 3.8) is 0 Å². The summed E-state index contributed by atoms with van der Waals surface area (Å²) in [6, 6.07) is 1.96. The Kier molecular flexibility index (Phi) is 4.30. The highest BCUT2D eigenvalue weighted by Gasteiger charge is 2.18. The number of rotatable bonds is 4. The van der Waals surface area contributed by atoms with E-state index in [0.29, 0.717) is 6.61 Å². The van der Waals surface area contributed by atoms with Crippen molar-refractivity contribution < 1.29 is 9.53 Å². The van der Waals surface area contributed by atoms with Gasteiger partial charge in [-0.05, 0) is 20.8 Å². The number of ether oxygens (including phenoxy) is 1. The van der Waals surface area contributed by atoms with Crippen molar-refractivity contribution >= 4 is 5.91 Å². The van der Waals surface area contributed by atoms with Crippen LogP contribution in [-0.2, 0) is 9.53 Å². The Hall–Kier alpha value is -1.08. The SMILES string of the molecule is CCOCC(=O)NC(C)(C)C#N. The predicted octanol–water partition coefficient (Wildman–Crippen LogP) is 0.441. The zero-order chi connectivity index (χ0) is 9.61. The second kappa shape index (κ2) is 4.73. The number of nitrogens with zero attached hydrogens (tertiary/aromatic N) is 1. The summed E-state index contributed by atoms with van der Waals surface area (Å²) in [4.78, 5) is 11.0. The number of nitrogens with one attached hydrogen (secondary N) is 1. The third kappa shape index (κ3) is 4.69. The van der Waals surface area contributed by atoms with Crippen LogP contribution in [0.25, 0.3) is 0 Å². The molecule has 0 aromatic rings. The largest absolute Gasteiger partial charge is 0.372 e. The Morgan fingerprint density at radius 2 is 2.25 bits per heavy atom. The first-order valence-electron chi connectivity index (χ1n) is 3.82. The predicted molar refractivity (Wildman–Crippen MR) is 44.3 cm³/mol. The monoisotopic (exact) mass is 170 g/mol. The summed E-state index contributed by atoms with van der Waals surface area (Å²) in [7, 11) is 0. The summed E-state index contributed by atoms with van der Waals surface area (Å²) in [5, 5.41) is 11.1. The third-order valence-electron chi connectivity index (χ3n) is 1.17. The van der Waals surface area contributed by atoms with E-state index >= 15 is 0 Å². The van der Waals surface area contributed by atoms with Crippen molar-refractivity contribution in [1.82, 2.24) is 5.32 Å². The minimum Gasteiger partial charge on any atom is -0.372 e. The number of carbonyl (C=O) groups is 1. The van der Waals surface area contributed by atoms with E-state index in [1.54, 1.807) is 13.8 Å². The summed E-state index contributed by atoms with van der Waals surface area (Å²) < 4.78 is 4.86. The molecule has 68 valence electrons. The van der Waals surface area contributed by atoms with Gasteiger partial charge in [0.1, 0.15) is 12.1 Å². The molecule has 0 saturated heterocycles. The molecule has 1 amide bonds. The quantitative estimate of drug-likeness (QED) is 0.666. The molecule has 0 spiro atoms. The van der Waals surface area contributed by atoms with Gasteiger partial charge < -0.3 is 10.1 Å². The summed E-state index contributed by atoms with van der Waals surface area (Å²) in [6.45, 7) is 5.60. The molecule has 0 unspecified atom stereocenters. The van der Waals surface area contributed by atoms with Gasteiger partial charge in [-0.25, -0.2) is 0 Å². The lowest BCUT2D eigenvalue weighted by atomic mass is 10.1. The molecule has 0 radical (unpaired) electrons. The molecule has 0 aromatic carbocycles. The zero-order valence-electron chi connectivity index (χ0n) is 7.68. The molecule has 4 heteroatoms. The highest BCUT2D eigenvalue weighted by molar-refractivity contribution is 5.78. The molecule has 0 aliphatic rings. The maximum atomic E-state index is 11.0. The van der Waals surface area contributed by atoms with Gasteiger partial charge in [0.2, 0.25) is 5.91 Å². The fraction of sp³-hybridized carbons (Fsp3) is 0.750. The highest BCUT2D eigenvalue weighted by Crippen LogP contribution is 1.97. The lowest BCUT2D eigenvalue weighted by Crippen LogP contribution is -2.43. The van der Waals surface area contributed by atoms with E-state index in [4.69, 9.17) is 10.00 Å². The first kappa shape index (κ1) is 10.9. The lowest BCUT2D eigenvalue weighted by Gasteiger charge is -2.16. The van der Waals surface area contributed by atoms with Crippen LogP contribution in [0.2, 0.25) is 0 Å². The molecule has 0 aromatic heterocycles. The molecule has 0 heterocycles. The topological polar surface area (TPSA) is 62.1 Å². The van der Waals surface area contributed by atoms with Crippen LogP contribution in [0.4, 0.5) is 0 Å². The Bertz CT molecular complexity index is 194. The van der Waals surface area contributed by atoms with Crippen LogP contribution < -0.4 is 5.32 Å². The molecular weight excluding hydrogens is 156 g/mol. The standard InChI is InChI=1S/C8H14N2O2/c1-4-12-5-7(11)10-8(2,3)6-9/h4-5H2,1-3H3,(H,10,11). The number of hydrogen-bond acceptors (Lipinski definition) is 3. The van der Waals surface area contributed by atoms with Crippen LogP contribution >= 0.6 is 0 Å². The van der Waals surface area contributed by atoms with E-state index in [2.05, 4.69) is 5.32 Å². The molecule has 0 rings (SSSR count). The van der Waals surface area contributed by atoms with Gasteiger partial charge in [0.25, 0.3) is 0 Å². The molecule has 4 nitrogen and oxygen atoms in total. The van der Waals surface area contributed by atoms with Gasteiger partial charge in [-0.3, -0.25) is 4.79 Å². The Morgan fingerprint density at radius 3 is 2.67 bits per heavy atom. The highest BCUT2D eigenvalue weighted by atomic mass is 16.5. The average Bonchev–Trinajstić information content (AvgIpc) is 2.00. The van der Waals surface area contributed by atoms with Crippen molar-refractivity contribution in [3.8, 4) is 6.07 Å². The fourth-order valence-corrected chi connectivity index (χ4v) is 0.607. The smallest absolute Gasteiger partial charge is 0.247 e. The van der Waals surface area contributed by atoms with E-state index in [-0.39, 0.29) is 12.5 Å². The van der Waals surface area contributed by atoms with Crippen molar-refractivity contribution in [2.45, 2.75) is 26.3 Å². The first-order chi connectivity index (χ1) is 5.52. The van der Waals surface area contributed by atoms with Crippen molar-refractivity contribution in [3.05, 3.63) is 0 Å². The molecule has 0 bridgehead atoms. The normalized spacial score (nSPS) is 10.5. The molecule has 12 heavy (non-hydrogen) atoms. The van der Waals surface area contributed by atoms with Crippen molar-refractivity contribution in [1.29, 1.82) is 5.26 Å². The maximum absolute atomic E-state index is 11.0. The second-order valence-electron chi connectivity index (χ2n) is 2.92. The molecule has 0 saturated carbocycles. The van der Waals surface area contributed by atoms with Gasteiger partial charge in [0.05, 0.1) is 6.07 Å². The molecular formula is C8H14N2O2. The molecule has 0 aliphatic carbocycles. The Labute approximate surface area is 72.5 Å². The van der Waals surface area contributed by atoms with Crippen LogP contribution in [-0.4, -0.2) is 24.7 Å².